The quantitative estimate of drug-likeness (QED) is 0.698. The Morgan fingerprint density at radius 3 is 2.39 bits per heavy atom. The number of benzene rings is 1. The van der Waals surface area contributed by atoms with E-state index in [1.807, 2.05) is 12.1 Å². The van der Waals surface area contributed by atoms with Crippen LogP contribution in [0.3, 0.4) is 0 Å². The van der Waals surface area contributed by atoms with E-state index < -0.39 is 0 Å². The summed E-state index contributed by atoms with van der Waals surface area (Å²) in [6, 6.07) is 8.51. The van der Waals surface area contributed by atoms with Gasteiger partial charge in [0.1, 0.15) is 5.75 Å². The number of hydrogen-bond donors (Lipinski definition) is 2. The van der Waals surface area contributed by atoms with E-state index in [1.165, 1.54) is 5.56 Å². The fraction of sp³-hybridized carbons (Fsp3) is 0.600. The molecule has 18 heavy (non-hydrogen) atoms. The van der Waals surface area contributed by atoms with Crippen molar-refractivity contribution in [1.82, 2.24) is 5.32 Å². The molecule has 0 saturated carbocycles. The minimum absolute atomic E-state index is 0.238. The molecule has 1 atom stereocenters. The van der Waals surface area contributed by atoms with Crippen molar-refractivity contribution in [2.45, 2.75) is 33.2 Å². The molecule has 1 unspecified atom stereocenters. The smallest absolute Gasteiger partial charge is 0.119 e. The molecule has 0 heterocycles. The van der Waals surface area contributed by atoms with E-state index in [9.17, 15) is 0 Å². The highest BCUT2D eigenvalue weighted by Gasteiger charge is 2.04. The van der Waals surface area contributed by atoms with Gasteiger partial charge < -0.3 is 15.2 Å². The monoisotopic (exact) mass is 251 g/mol. The van der Waals surface area contributed by atoms with E-state index in [2.05, 4.69) is 38.2 Å². The summed E-state index contributed by atoms with van der Waals surface area (Å²) in [7, 11) is 0. The average Bonchev–Trinajstić information content (AvgIpc) is 2.37. The van der Waals surface area contributed by atoms with Gasteiger partial charge in [-0.25, -0.2) is 0 Å². The zero-order valence-electron chi connectivity index (χ0n) is 11.6. The summed E-state index contributed by atoms with van der Waals surface area (Å²) in [6.45, 7) is 8.24. The molecular formula is C15H25NO2. The Hall–Kier alpha value is -1.06. The third-order valence-electron chi connectivity index (χ3n) is 2.75. The van der Waals surface area contributed by atoms with Gasteiger partial charge in [-0.1, -0.05) is 26.0 Å². The van der Waals surface area contributed by atoms with Gasteiger partial charge in [0.25, 0.3) is 0 Å². The van der Waals surface area contributed by atoms with Crippen molar-refractivity contribution in [3.63, 3.8) is 0 Å². The van der Waals surface area contributed by atoms with E-state index in [1.54, 1.807) is 0 Å². The summed E-state index contributed by atoms with van der Waals surface area (Å²) in [6.07, 6.45) is 0.792. The maximum absolute atomic E-state index is 8.73. The third-order valence-corrected chi connectivity index (χ3v) is 2.75. The molecule has 3 heteroatoms. The number of nitrogens with one attached hydrogen (secondary N) is 1. The van der Waals surface area contributed by atoms with Gasteiger partial charge in [0, 0.05) is 12.6 Å². The zero-order chi connectivity index (χ0) is 13.4. The van der Waals surface area contributed by atoms with Crippen LogP contribution in [-0.2, 0) is 0 Å². The largest absolute Gasteiger partial charge is 0.493 e. The lowest BCUT2D eigenvalue weighted by Crippen LogP contribution is -2.20. The second kappa shape index (κ2) is 8.11. The Labute approximate surface area is 110 Å². The molecule has 1 aromatic carbocycles. The summed E-state index contributed by atoms with van der Waals surface area (Å²) >= 11 is 0. The normalized spacial score (nSPS) is 12.7. The molecule has 1 aromatic rings. The first kappa shape index (κ1) is 15.0. The SMILES string of the molecule is CC(C)COc1ccc(C(C)NCCCO)cc1. The molecule has 2 N–H and O–H groups in total. The van der Waals surface area contributed by atoms with Crippen molar-refractivity contribution in [2.24, 2.45) is 5.92 Å². The van der Waals surface area contributed by atoms with Crippen molar-refractivity contribution < 1.29 is 9.84 Å². The molecule has 0 aliphatic carbocycles. The lowest BCUT2D eigenvalue weighted by Gasteiger charge is -2.15. The van der Waals surface area contributed by atoms with Crippen molar-refractivity contribution in [2.75, 3.05) is 19.8 Å². The minimum atomic E-state index is 0.238. The van der Waals surface area contributed by atoms with Gasteiger partial charge in [-0.05, 0) is 43.5 Å². The third kappa shape index (κ3) is 5.52. The highest BCUT2D eigenvalue weighted by molar-refractivity contribution is 5.28. The Bertz CT molecular complexity index is 322. The first-order chi connectivity index (χ1) is 8.63. The molecule has 0 radical (unpaired) electrons. The summed E-state index contributed by atoms with van der Waals surface area (Å²) in [4.78, 5) is 0. The summed E-state index contributed by atoms with van der Waals surface area (Å²) in [5.41, 5.74) is 1.24. The molecule has 0 aliphatic heterocycles. The van der Waals surface area contributed by atoms with E-state index in [-0.39, 0.29) is 6.61 Å². The maximum atomic E-state index is 8.73. The van der Waals surface area contributed by atoms with E-state index >= 15 is 0 Å². The zero-order valence-corrected chi connectivity index (χ0v) is 11.6. The molecule has 0 spiro atoms. The Morgan fingerprint density at radius 1 is 1.17 bits per heavy atom. The molecule has 0 aromatic heterocycles. The summed E-state index contributed by atoms with van der Waals surface area (Å²) in [5, 5.41) is 12.1. The Balaban J connectivity index is 2.43. The molecular weight excluding hydrogens is 226 g/mol. The van der Waals surface area contributed by atoms with Gasteiger partial charge in [-0.3, -0.25) is 0 Å². The topological polar surface area (TPSA) is 41.5 Å². The minimum Gasteiger partial charge on any atom is -0.493 e. The van der Waals surface area contributed by atoms with E-state index in [0.29, 0.717) is 12.0 Å². The molecule has 0 fully saturated rings. The van der Waals surface area contributed by atoms with Gasteiger partial charge >= 0.3 is 0 Å². The summed E-state index contributed by atoms with van der Waals surface area (Å²) < 4.78 is 5.65. The molecule has 0 aliphatic rings. The number of ether oxygens (including phenoxy) is 1. The molecule has 0 amide bonds. The Kier molecular flexibility index (Phi) is 6.76. The Morgan fingerprint density at radius 2 is 1.83 bits per heavy atom. The maximum Gasteiger partial charge on any atom is 0.119 e. The van der Waals surface area contributed by atoms with E-state index in [4.69, 9.17) is 9.84 Å². The predicted octanol–water partition coefficient (Wildman–Crippen LogP) is 2.75. The van der Waals surface area contributed by atoms with Crippen molar-refractivity contribution in [3.05, 3.63) is 29.8 Å². The lowest BCUT2D eigenvalue weighted by molar-refractivity contribution is 0.271. The first-order valence-electron chi connectivity index (χ1n) is 6.70. The van der Waals surface area contributed by atoms with Gasteiger partial charge in [-0.15, -0.1) is 0 Å². The van der Waals surface area contributed by atoms with Crippen LogP contribution in [0.4, 0.5) is 0 Å². The number of hydrogen-bond acceptors (Lipinski definition) is 3. The highest BCUT2D eigenvalue weighted by Crippen LogP contribution is 2.18. The fourth-order valence-corrected chi connectivity index (χ4v) is 1.63. The van der Waals surface area contributed by atoms with Gasteiger partial charge in [-0.2, -0.15) is 0 Å². The van der Waals surface area contributed by atoms with Crippen LogP contribution in [0, 0.1) is 5.92 Å². The first-order valence-corrected chi connectivity index (χ1v) is 6.70. The van der Waals surface area contributed by atoms with Crippen LogP contribution < -0.4 is 10.1 Å². The predicted molar refractivity (Wildman–Crippen MR) is 74.9 cm³/mol. The second-order valence-electron chi connectivity index (χ2n) is 5.03. The van der Waals surface area contributed by atoms with Crippen LogP contribution in [0.25, 0.3) is 0 Å². The molecule has 0 bridgehead atoms. The van der Waals surface area contributed by atoms with Crippen molar-refractivity contribution >= 4 is 0 Å². The molecule has 0 saturated heterocycles. The number of rotatable bonds is 8. The van der Waals surface area contributed by atoms with Crippen LogP contribution in [-0.4, -0.2) is 24.9 Å². The van der Waals surface area contributed by atoms with Crippen LogP contribution >= 0.6 is 0 Å². The molecule has 102 valence electrons. The highest BCUT2D eigenvalue weighted by atomic mass is 16.5. The van der Waals surface area contributed by atoms with E-state index in [0.717, 1.165) is 25.3 Å². The van der Waals surface area contributed by atoms with Gasteiger partial charge in [0.05, 0.1) is 6.61 Å². The van der Waals surface area contributed by atoms with Crippen LogP contribution in [0.2, 0.25) is 0 Å². The number of aliphatic hydroxyl groups excluding tert-OH is 1. The fourth-order valence-electron chi connectivity index (χ4n) is 1.63. The van der Waals surface area contributed by atoms with Gasteiger partial charge in [0.2, 0.25) is 0 Å². The number of aliphatic hydroxyl groups is 1. The molecule has 1 rings (SSSR count). The lowest BCUT2D eigenvalue weighted by atomic mass is 10.1. The second-order valence-corrected chi connectivity index (χ2v) is 5.03. The molecule has 3 nitrogen and oxygen atoms in total. The van der Waals surface area contributed by atoms with Crippen molar-refractivity contribution in [3.8, 4) is 5.75 Å². The van der Waals surface area contributed by atoms with Crippen LogP contribution in [0.15, 0.2) is 24.3 Å². The standard InChI is InChI=1S/C15H25NO2/c1-12(2)11-18-15-7-5-14(6-8-15)13(3)16-9-4-10-17/h5-8,12-13,16-17H,4,9-11H2,1-3H3. The van der Waals surface area contributed by atoms with Crippen LogP contribution in [0.5, 0.6) is 5.75 Å². The van der Waals surface area contributed by atoms with Crippen molar-refractivity contribution in [1.29, 1.82) is 0 Å². The average molecular weight is 251 g/mol. The summed E-state index contributed by atoms with van der Waals surface area (Å²) in [5.74, 6) is 1.47. The van der Waals surface area contributed by atoms with Crippen LogP contribution in [0.1, 0.15) is 38.8 Å². The van der Waals surface area contributed by atoms with Gasteiger partial charge in [0.15, 0.2) is 0 Å².